The molecule has 1 aliphatic heterocycles. The molecule has 0 aliphatic carbocycles. The quantitative estimate of drug-likeness (QED) is 0.816. The van der Waals surface area contributed by atoms with Gasteiger partial charge in [-0.25, -0.2) is 8.42 Å². The molecule has 0 unspecified atom stereocenters. The Kier molecular flexibility index (Phi) is 5.98. The van der Waals surface area contributed by atoms with Crippen LogP contribution in [0.2, 0.25) is 0 Å². The third-order valence-corrected chi connectivity index (χ3v) is 5.35. The van der Waals surface area contributed by atoms with Crippen LogP contribution in [-0.4, -0.2) is 50.2 Å². The van der Waals surface area contributed by atoms with E-state index >= 15 is 0 Å². The summed E-state index contributed by atoms with van der Waals surface area (Å²) in [6.45, 7) is 3.10. The average Bonchev–Trinajstić information content (AvgIpc) is 2.75. The van der Waals surface area contributed by atoms with Crippen molar-refractivity contribution in [2.75, 3.05) is 26.0 Å². The zero-order chi connectivity index (χ0) is 16.9. The summed E-state index contributed by atoms with van der Waals surface area (Å²) in [5, 5.41) is 0. The highest BCUT2D eigenvalue weighted by Crippen LogP contribution is 2.19. The standard InChI is InChI=1S/C16H24N2O4S/c1-13-7-8-15(22-2)14(17-13)11-23(20,21)12-16(19)18-9-5-3-4-6-10-18/h7-8H,3-6,9-12H2,1-2H3. The summed E-state index contributed by atoms with van der Waals surface area (Å²) in [7, 11) is -2.10. The number of hydrogen-bond acceptors (Lipinski definition) is 5. The summed E-state index contributed by atoms with van der Waals surface area (Å²) in [5.41, 5.74) is 1.08. The summed E-state index contributed by atoms with van der Waals surface area (Å²) in [6, 6.07) is 3.46. The van der Waals surface area contributed by atoms with Gasteiger partial charge in [0.15, 0.2) is 9.84 Å². The predicted molar refractivity (Wildman–Crippen MR) is 88.1 cm³/mol. The number of carbonyl (C=O) groups is 1. The Morgan fingerprint density at radius 3 is 2.48 bits per heavy atom. The van der Waals surface area contributed by atoms with Gasteiger partial charge in [-0.05, 0) is 31.9 Å². The van der Waals surface area contributed by atoms with Gasteiger partial charge in [-0.3, -0.25) is 9.78 Å². The van der Waals surface area contributed by atoms with Crippen molar-refractivity contribution >= 4 is 15.7 Å². The van der Waals surface area contributed by atoms with Crippen LogP contribution in [0.25, 0.3) is 0 Å². The largest absolute Gasteiger partial charge is 0.495 e. The molecule has 128 valence electrons. The van der Waals surface area contributed by atoms with Crippen LogP contribution < -0.4 is 4.74 Å². The number of aryl methyl sites for hydroxylation is 1. The third kappa shape index (κ3) is 5.20. The maximum absolute atomic E-state index is 12.4. The van der Waals surface area contributed by atoms with E-state index in [1.54, 1.807) is 24.0 Å². The molecule has 23 heavy (non-hydrogen) atoms. The van der Waals surface area contributed by atoms with Crippen LogP contribution >= 0.6 is 0 Å². The summed E-state index contributed by atoms with van der Waals surface area (Å²) in [6.07, 6.45) is 4.08. The molecule has 7 heteroatoms. The van der Waals surface area contributed by atoms with Gasteiger partial charge in [-0.2, -0.15) is 0 Å². The molecule has 1 aliphatic rings. The first-order valence-corrected chi connectivity index (χ1v) is 9.72. The number of amides is 1. The lowest BCUT2D eigenvalue weighted by Crippen LogP contribution is -2.36. The minimum atomic E-state index is -3.58. The van der Waals surface area contributed by atoms with E-state index in [-0.39, 0.29) is 11.7 Å². The number of ether oxygens (including phenoxy) is 1. The molecule has 0 N–H and O–H groups in total. The molecule has 1 aromatic heterocycles. The van der Waals surface area contributed by atoms with Gasteiger partial charge in [-0.1, -0.05) is 12.8 Å². The molecule has 0 bridgehead atoms. The van der Waals surface area contributed by atoms with Crippen LogP contribution in [-0.2, 0) is 20.4 Å². The van der Waals surface area contributed by atoms with E-state index in [2.05, 4.69) is 4.98 Å². The number of likely N-dealkylation sites (tertiary alicyclic amines) is 1. The van der Waals surface area contributed by atoms with E-state index in [4.69, 9.17) is 4.74 Å². The Hall–Kier alpha value is -1.63. The second kappa shape index (κ2) is 7.77. The maximum atomic E-state index is 12.4. The molecule has 2 rings (SSSR count). The third-order valence-electron chi connectivity index (χ3n) is 3.95. The first kappa shape index (κ1) is 17.7. The number of sulfone groups is 1. The van der Waals surface area contributed by atoms with Crippen molar-refractivity contribution in [3.05, 3.63) is 23.5 Å². The van der Waals surface area contributed by atoms with Crippen LogP contribution in [0.4, 0.5) is 0 Å². The highest BCUT2D eigenvalue weighted by atomic mass is 32.2. The van der Waals surface area contributed by atoms with Gasteiger partial charge in [-0.15, -0.1) is 0 Å². The van der Waals surface area contributed by atoms with Gasteiger partial charge < -0.3 is 9.64 Å². The van der Waals surface area contributed by atoms with Crippen LogP contribution in [0.5, 0.6) is 5.75 Å². The smallest absolute Gasteiger partial charge is 0.237 e. The van der Waals surface area contributed by atoms with Crippen LogP contribution in [0, 0.1) is 6.92 Å². The zero-order valence-electron chi connectivity index (χ0n) is 13.7. The van der Waals surface area contributed by atoms with E-state index in [1.165, 1.54) is 7.11 Å². The fourth-order valence-corrected chi connectivity index (χ4v) is 4.03. The van der Waals surface area contributed by atoms with Gasteiger partial charge in [0.25, 0.3) is 0 Å². The molecule has 0 spiro atoms. The molecule has 0 aromatic carbocycles. The molecule has 0 saturated carbocycles. The fraction of sp³-hybridized carbons (Fsp3) is 0.625. The molecule has 1 aromatic rings. The maximum Gasteiger partial charge on any atom is 0.237 e. The van der Waals surface area contributed by atoms with E-state index in [0.29, 0.717) is 24.5 Å². The average molecular weight is 340 g/mol. The fourth-order valence-electron chi connectivity index (χ4n) is 2.75. The summed E-state index contributed by atoms with van der Waals surface area (Å²) in [4.78, 5) is 18.2. The molecule has 1 fully saturated rings. The number of nitrogens with zero attached hydrogens (tertiary/aromatic N) is 2. The molecule has 1 saturated heterocycles. The highest BCUT2D eigenvalue weighted by Gasteiger charge is 2.24. The lowest BCUT2D eigenvalue weighted by Gasteiger charge is -2.20. The van der Waals surface area contributed by atoms with E-state index in [9.17, 15) is 13.2 Å². The molecule has 6 nitrogen and oxygen atoms in total. The number of aromatic nitrogens is 1. The predicted octanol–water partition coefficient (Wildman–Crippen LogP) is 1.72. The van der Waals surface area contributed by atoms with Crippen molar-refractivity contribution in [1.29, 1.82) is 0 Å². The topological polar surface area (TPSA) is 76.6 Å². The monoisotopic (exact) mass is 340 g/mol. The second-order valence-electron chi connectivity index (χ2n) is 5.93. The number of pyridine rings is 1. The summed E-state index contributed by atoms with van der Waals surface area (Å²) >= 11 is 0. The van der Waals surface area contributed by atoms with Crippen molar-refractivity contribution in [1.82, 2.24) is 9.88 Å². The molecule has 2 heterocycles. The molecule has 1 amide bonds. The minimum absolute atomic E-state index is 0.280. The van der Waals surface area contributed by atoms with Gasteiger partial charge in [0.2, 0.25) is 5.91 Å². The van der Waals surface area contributed by atoms with Gasteiger partial charge in [0.1, 0.15) is 11.5 Å². The Morgan fingerprint density at radius 2 is 1.87 bits per heavy atom. The van der Waals surface area contributed by atoms with Crippen molar-refractivity contribution < 1.29 is 17.9 Å². The summed E-state index contributed by atoms with van der Waals surface area (Å²) < 4.78 is 29.9. The first-order chi connectivity index (χ1) is 10.9. The Morgan fingerprint density at radius 1 is 1.22 bits per heavy atom. The van der Waals surface area contributed by atoms with Crippen LogP contribution in [0.1, 0.15) is 37.1 Å². The molecule has 0 radical (unpaired) electrons. The van der Waals surface area contributed by atoms with E-state index in [0.717, 1.165) is 31.4 Å². The second-order valence-corrected chi connectivity index (χ2v) is 7.99. The lowest BCUT2D eigenvalue weighted by molar-refractivity contribution is -0.128. The van der Waals surface area contributed by atoms with Crippen molar-refractivity contribution in [2.24, 2.45) is 0 Å². The SMILES string of the molecule is COc1ccc(C)nc1CS(=O)(=O)CC(=O)N1CCCCCC1. The van der Waals surface area contributed by atoms with Crippen molar-refractivity contribution in [3.63, 3.8) is 0 Å². The highest BCUT2D eigenvalue weighted by molar-refractivity contribution is 7.91. The number of hydrogen-bond donors (Lipinski definition) is 0. The number of methoxy groups -OCH3 is 1. The summed E-state index contributed by atoms with van der Waals surface area (Å²) in [5.74, 6) is -0.622. The normalized spacial score (nSPS) is 16.0. The van der Waals surface area contributed by atoms with E-state index in [1.807, 2.05) is 0 Å². The van der Waals surface area contributed by atoms with Crippen molar-refractivity contribution in [2.45, 2.75) is 38.4 Å². The first-order valence-electron chi connectivity index (χ1n) is 7.90. The number of carbonyl (C=O) groups excluding carboxylic acids is 1. The molecule has 0 atom stereocenters. The molecular formula is C16H24N2O4S. The number of rotatable bonds is 5. The van der Waals surface area contributed by atoms with Crippen LogP contribution in [0.3, 0.4) is 0 Å². The van der Waals surface area contributed by atoms with Crippen molar-refractivity contribution in [3.8, 4) is 5.75 Å². The van der Waals surface area contributed by atoms with Gasteiger partial charge in [0.05, 0.1) is 18.6 Å². The Labute approximate surface area is 137 Å². The molecular weight excluding hydrogens is 316 g/mol. The lowest BCUT2D eigenvalue weighted by atomic mass is 10.2. The van der Waals surface area contributed by atoms with Gasteiger partial charge >= 0.3 is 0 Å². The van der Waals surface area contributed by atoms with Gasteiger partial charge in [0, 0.05) is 18.8 Å². The van der Waals surface area contributed by atoms with Crippen LogP contribution in [0.15, 0.2) is 12.1 Å². The Balaban J connectivity index is 2.07. The zero-order valence-corrected chi connectivity index (χ0v) is 14.6. The Bertz CT molecular complexity index is 650. The van der Waals surface area contributed by atoms with E-state index < -0.39 is 15.6 Å². The minimum Gasteiger partial charge on any atom is -0.495 e.